The quantitative estimate of drug-likeness (QED) is 0.854. The Kier molecular flexibility index (Phi) is 3.17. The summed E-state index contributed by atoms with van der Waals surface area (Å²) in [5.41, 5.74) is 7.64. The van der Waals surface area contributed by atoms with Gasteiger partial charge in [0.2, 0.25) is 0 Å². The van der Waals surface area contributed by atoms with Crippen LogP contribution in [0.25, 0.3) is 0 Å². The highest BCUT2D eigenvalue weighted by atomic mass is 16.5. The van der Waals surface area contributed by atoms with Crippen LogP contribution < -0.4 is 10.5 Å². The van der Waals surface area contributed by atoms with Crippen LogP contribution in [-0.2, 0) is 6.54 Å². The molecule has 0 saturated heterocycles. The first-order valence-electron chi connectivity index (χ1n) is 5.17. The number of pyridine rings is 1. The molecular weight excluding hydrogens is 200 g/mol. The molecule has 0 radical (unpaired) electrons. The Morgan fingerprint density at radius 2 is 1.94 bits per heavy atom. The highest BCUT2D eigenvalue weighted by Gasteiger charge is 2.00. The highest BCUT2D eigenvalue weighted by molar-refractivity contribution is 5.35. The maximum atomic E-state index is 5.73. The Balaban J connectivity index is 2.18. The van der Waals surface area contributed by atoms with Crippen LogP contribution in [-0.4, -0.2) is 4.98 Å². The topological polar surface area (TPSA) is 48.1 Å². The number of ether oxygens (including phenoxy) is 1. The van der Waals surface area contributed by atoms with Gasteiger partial charge in [-0.15, -0.1) is 0 Å². The standard InChI is InChI=1S/C13H14N2O/c1-10-9-15-7-6-13(10)16-12-4-2-11(8-14)3-5-12/h2-7,9H,8,14H2,1H3. The Hall–Kier alpha value is -1.87. The van der Waals surface area contributed by atoms with Crippen molar-refractivity contribution in [3.05, 3.63) is 53.9 Å². The zero-order valence-electron chi connectivity index (χ0n) is 9.18. The SMILES string of the molecule is Cc1cnccc1Oc1ccc(CN)cc1. The molecule has 0 bridgehead atoms. The zero-order chi connectivity index (χ0) is 11.4. The first-order valence-corrected chi connectivity index (χ1v) is 5.17. The summed E-state index contributed by atoms with van der Waals surface area (Å²) in [7, 11) is 0. The number of nitrogens with zero attached hydrogens (tertiary/aromatic N) is 1. The van der Waals surface area contributed by atoms with E-state index in [1.165, 1.54) is 0 Å². The zero-order valence-corrected chi connectivity index (χ0v) is 9.18. The fourth-order valence-electron chi connectivity index (χ4n) is 1.40. The smallest absolute Gasteiger partial charge is 0.133 e. The summed E-state index contributed by atoms with van der Waals surface area (Å²) < 4.78 is 5.73. The van der Waals surface area contributed by atoms with Crippen molar-refractivity contribution in [3.8, 4) is 11.5 Å². The van der Waals surface area contributed by atoms with Gasteiger partial charge in [-0.2, -0.15) is 0 Å². The molecule has 2 rings (SSSR count). The molecule has 0 aliphatic rings. The van der Waals surface area contributed by atoms with Crippen LogP contribution in [0.4, 0.5) is 0 Å². The normalized spacial score (nSPS) is 10.1. The van der Waals surface area contributed by atoms with Gasteiger partial charge in [0.05, 0.1) is 0 Å². The van der Waals surface area contributed by atoms with Gasteiger partial charge < -0.3 is 10.5 Å². The van der Waals surface area contributed by atoms with E-state index in [2.05, 4.69) is 4.98 Å². The molecular formula is C13H14N2O. The van der Waals surface area contributed by atoms with Crippen LogP contribution in [0.3, 0.4) is 0 Å². The number of rotatable bonds is 3. The summed E-state index contributed by atoms with van der Waals surface area (Å²) in [5.74, 6) is 1.64. The van der Waals surface area contributed by atoms with Gasteiger partial charge in [-0.1, -0.05) is 12.1 Å². The van der Waals surface area contributed by atoms with Crippen LogP contribution in [0.1, 0.15) is 11.1 Å². The van der Waals surface area contributed by atoms with Crippen LogP contribution in [0.15, 0.2) is 42.7 Å². The first kappa shape index (κ1) is 10.6. The maximum absolute atomic E-state index is 5.73. The summed E-state index contributed by atoms with van der Waals surface area (Å²) in [4.78, 5) is 4.02. The molecule has 0 aliphatic heterocycles. The molecule has 2 aromatic rings. The van der Waals surface area contributed by atoms with Gasteiger partial charge in [-0.05, 0) is 30.7 Å². The lowest BCUT2D eigenvalue weighted by Crippen LogP contribution is -1.95. The molecule has 16 heavy (non-hydrogen) atoms. The second kappa shape index (κ2) is 4.77. The lowest BCUT2D eigenvalue weighted by Gasteiger charge is -2.08. The molecule has 0 aliphatic carbocycles. The average Bonchev–Trinajstić information content (AvgIpc) is 2.33. The first-order chi connectivity index (χ1) is 7.79. The van der Waals surface area contributed by atoms with E-state index in [1.807, 2.05) is 37.3 Å². The van der Waals surface area contributed by atoms with E-state index >= 15 is 0 Å². The second-order valence-corrected chi connectivity index (χ2v) is 3.59. The molecule has 0 unspecified atom stereocenters. The number of hydrogen-bond donors (Lipinski definition) is 1. The Morgan fingerprint density at radius 3 is 2.56 bits per heavy atom. The molecule has 1 aromatic carbocycles. The summed E-state index contributed by atoms with van der Waals surface area (Å²) in [6, 6.07) is 9.62. The van der Waals surface area contributed by atoms with Crippen LogP contribution in [0.5, 0.6) is 11.5 Å². The molecule has 0 fully saturated rings. The van der Waals surface area contributed by atoms with Crippen molar-refractivity contribution in [2.45, 2.75) is 13.5 Å². The van der Waals surface area contributed by atoms with Crippen LogP contribution >= 0.6 is 0 Å². The fourth-order valence-corrected chi connectivity index (χ4v) is 1.40. The number of nitrogens with two attached hydrogens (primary N) is 1. The molecule has 3 heteroatoms. The molecule has 2 N–H and O–H groups in total. The highest BCUT2D eigenvalue weighted by Crippen LogP contribution is 2.23. The summed E-state index contributed by atoms with van der Waals surface area (Å²) in [6.45, 7) is 2.52. The third-order valence-corrected chi connectivity index (χ3v) is 2.36. The third-order valence-electron chi connectivity index (χ3n) is 2.36. The van der Waals surface area contributed by atoms with E-state index in [0.29, 0.717) is 6.54 Å². The Labute approximate surface area is 94.9 Å². The van der Waals surface area contributed by atoms with Gasteiger partial charge in [0.1, 0.15) is 11.5 Å². The minimum Gasteiger partial charge on any atom is -0.457 e. The van der Waals surface area contributed by atoms with Crippen molar-refractivity contribution in [3.63, 3.8) is 0 Å². The van der Waals surface area contributed by atoms with Crippen LogP contribution in [0, 0.1) is 6.92 Å². The van der Waals surface area contributed by atoms with Crippen molar-refractivity contribution < 1.29 is 4.74 Å². The minimum atomic E-state index is 0.550. The molecule has 3 nitrogen and oxygen atoms in total. The molecule has 0 saturated carbocycles. The second-order valence-electron chi connectivity index (χ2n) is 3.59. The molecule has 0 atom stereocenters. The van der Waals surface area contributed by atoms with E-state index in [4.69, 9.17) is 10.5 Å². The van der Waals surface area contributed by atoms with Gasteiger partial charge in [-0.25, -0.2) is 0 Å². The molecule has 1 heterocycles. The van der Waals surface area contributed by atoms with Gasteiger partial charge in [0, 0.05) is 24.5 Å². The maximum Gasteiger partial charge on any atom is 0.133 e. The number of aryl methyl sites for hydroxylation is 1. The van der Waals surface area contributed by atoms with Crippen molar-refractivity contribution in [1.82, 2.24) is 4.98 Å². The van der Waals surface area contributed by atoms with E-state index in [0.717, 1.165) is 22.6 Å². The van der Waals surface area contributed by atoms with Crippen molar-refractivity contribution >= 4 is 0 Å². The van der Waals surface area contributed by atoms with Crippen LogP contribution in [0.2, 0.25) is 0 Å². The Bertz CT molecular complexity index is 466. The Morgan fingerprint density at radius 1 is 1.19 bits per heavy atom. The molecule has 82 valence electrons. The van der Waals surface area contributed by atoms with Crippen molar-refractivity contribution in [1.29, 1.82) is 0 Å². The summed E-state index contributed by atoms with van der Waals surface area (Å²) in [5, 5.41) is 0. The summed E-state index contributed by atoms with van der Waals surface area (Å²) >= 11 is 0. The fraction of sp³-hybridized carbons (Fsp3) is 0.154. The van der Waals surface area contributed by atoms with Gasteiger partial charge in [-0.3, -0.25) is 4.98 Å². The van der Waals surface area contributed by atoms with Crippen molar-refractivity contribution in [2.75, 3.05) is 0 Å². The predicted octanol–water partition coefficient (Wildman–Crippen LogP) is 2.64. The predicted molar refractivity (Wildman–Crippen MR) is 63.4 cm³/mol. The minimum absolute atomic E-state index is 0.550. The van der Waals surface area contributed by atoms with E-state index in [9.17, 15) is 0 Å². The van der Waals surface area contributed by atoms with Gasteiger partial charge >= 0.3 is 0 Å². The van der Waals surface area contributed by atoms with E-state index in [-0.39, 0.29) is 0 Å². The summed E-state index contributed by atoms with van der Waals surface area (Å²) in [6.07, 6.45) is 3.50. The lowest BCUT2D eigenvalue weighted by atomic mass is 10.2. The van der Waals surface area contributed by atoms with Gasteiger partial charge in [0.15, 0.2) is 0 Å². The molecule has 1 aromatic heterocycles. The molecule has 0 spiro atoms. The lowest BCUT2D eigenvalue weighted by molar-refractivity contribution is 0.478. The van der Waals surface area contributed by atoms with Crippen molar-refractivity contribution in [2.24, 2.45) is 5.73 Å². The van der Waals surface area contributed by atoms with E-state index < -0.39 is 0 Å². The third kappa shape index (κ3) is 2.38. The number of aromatic nitrogens is 1. The largest absolute Gasteiger partial charge is 0.457 e. The van der Waals surface area contributed by atoms with E-state index in [1.54, 1.807) is 12.4 Å². The monoisotopic (exact) mass is 214 g/mol. The van der Waals surface area contributed by atoms with Gasteiger partial charge in [0.25, 0.3) is 0 Å². The average molecular weight is 214 g/mol. The molecule has 0 amide bonds. The number of hydrogen-bond acceptors (Lipinski definition) is 3. The number of benzene rings is 1.